The average molecular weight is 326 g/mol. The minimum atomic E-state index is -1.80. The Hall–Kier alpha value is -2.44. The van der Waals surface area contributed by atoms with Crippen LogP contribution in [0.1, 0.15) is 18.3 Å². The topological polar surface area (TPSA) is 107 Å². The number of carbonyl (C=O) groups is 2. The van der Waals surface area contributed by atoms with E-state index in [1.165, 1.54) is 13.0 Å². The Morgan fingerprint density at radius 3 is 2.60 bits per heavy atom. The third-order valence-corrected chi connectivity index (χ3v) is 4.29. The van der Waals surface area contributed by atoms with Crippen molar-refractivity contribution in [3.8, 4) is 0 Å². The number of imide groups is 1. The molecule has 2 amide bonds. The Morgan fingerprint density at radius 2 is 1.96 bits per heavy atom. The zero-order valence-electron chi connectivity index (χ0n) is 13.4. The summed E-state index contributed by atoms with van der Waals surface area (Å²) in [6.07, 6.45) is -0.268. The second-order valence-electron chi connectivity index (χ2n) is 6.10. The molecule has 1 aliphatic heterocycles. The highest BCUT2D eigenvalue weighted by molar-refractivity contribution is 6.52. The van der Waals surface area contributed by atoms with E-state index in [1.54, 1.807) is 0 Å². The number of carbonyl (C=O) groups excluding carboxylic acids is 2. The summed E-state index contributed by atoms with van der Waals surface area (Å²) < 4.78 is 1.10. The first-order valence-corrected chi connectivity index (χ1v) is 7.34. The standard InChI is InChI=1S/C14H10B4N4O3/c1-4-20-6-2-5(15)9(16)10(19)8(6)12(24)22(4)7-3-14(17,18)13(25)21-11(7)23/h2,7H,3,19H2,1H3,(H,21,23,25). The second-order valence-corrected chi connectivity index (χ2v) is 6.10. The Labute approximate surface area is 148 Å². The van der Waals surface area contributed by atoms with Gasteiger partial charge in [0.25, 0.3) is 5.56 Å². The molecule has 8 radical (unpaired) electrons. The van der Waals surface area contributed by atoms with Crippen LogP contribution in [0.25, 0.3) is 10.9 Å². The average Bonchev–Trinajstić information content (AvgIpc) is 2.49. The highest BCUT2D eigenvalue weighted by atomic mass is 16.2. The Kier molecular flexibility index (Phi) is 3.85. The number of piperidine rings is 1. The molecule has 1 aromatic heterocycles. The number of nitrogens with two attached hydrogens (primary N) is 1. The predicted molar refractivity (Wildman–Crippen MR) is 96.9 cm³/mol. The van der Waals surface area contributed by atoms with Crippen molar-refractivity contribution in [2.24, 2.45) is 0 Å². The summed E-state index contributed by atoms with van der Waals surface area (Å²) in [5.41, 5.74) is 5.79. The summed E-state index contributed by atoms with van der Waals surface area (Å²) in [6, 6.07) is 0.315. The minimum Gasteiger partial charge on any atom is -0.399 e. The van der Waals surface area contributed by atoms with E-state index in [-0.39, 0.29) is 39.8 Å². The maximum absolute atomic E-state index is 13.0. The number of rotatable bonds is 1. The molecule has 7 nitrogen and oxygen atoms in total. The van der Waals surface area contributed by atoms with Gasteiger partial charge < -0.3 is 5.73 Å². The number of hydrogen-bond acceptors (Lipinski definition) is 5. The molecule has 116 valence electrons. The van der Waals surface area contributed by atoms with E-state index < -0.39 is 28.6 Å². The number of aryl methyl sites for hydroxylation is 1. The molecule has 3 rings (SSSR count). The number of anilines is 1. The van der Waals surface area contributed by atoms with Gasteiger partial charge in [-0.05, 0) is 24.6 Å². The van der Waals surface area contributed by atoms with Gasteiger partial charge in [-0.1, -0.05) is 10.9 Å². The molecule has 1 aromatic carbocycles. The van der Waals surface area contributed by atoms with Crippen LogP contribution < -0.4 is 27.5 Å². The van der Waals surface area contributed by atoms with E-state index >= 15 is 0 Å². The Balaban J connectivity index is 2.29. The number of benzene rings is 1. The number of hydrogen-bond donors (Lipinski definition) is 2. The quantitative estimate of drug-likeness (QED) is 0.328. The van der Waals surface area contributed by atoms with Crippen LogP contribution in [0.2, 0.25) is 5.21 Å². The SMILES string of the molecule is [B]c1cc2nc(C)n(C3CC([B])([B])C(=O)NC3=O)c(=O)c2c(N)c1[B]. The van der Waals surface area contributed by atoms with Crippen LogP contribution in [0.3, 0.4) is 0 Å². The predicted octanol–water partition coefficient (Wildman–Crippen LogP) is -3.08. The summed E-state index contributed by atoms with van der Waals surface area (Å²) in [5, 5.41) is 0.293. The molecule has 1 aliphatic rings. The van der Waals surface area contributed by atoms with Gasteiger partial charge in [-0.25, -0.2) is 4.98 Å². The van der Waals surface area contributed by atoms with Crippen LogP contribution in [0.15, 0.2) is 10.9 Å². The number of amides is 2. The van der Waals surface area contributed by atoms with Crippen LogP contribution in [0.4, 0.5) is 5.69 Å². The van der Waals surface area contributed by atoms with E-state index in [2.05, 4.69) is 10.3 Å². The number of nitrogens with one attached hydrogen (secondary N) is 1. The maximum atomic E-state index is 13.0. The summed E-state index contributed by atoms with van der Waals surface area (Å²) in [4.78, 5) is 41.2. The first-order valence-electron chi connectivity index (χ1n) is 7.34. The number of nitrogens with zero attached hydrogens (tertiary/aromatic N) is 2. The van der Waals surface area contributed by atoms with Crippen LogP contribution in [-0.4, -0.2) is 52.8 Å². The van der Waals surface area contributed by atoms with Crippen molar-refractivity contribution < 1.29 is 9.59 Å². The lowest BCUT2D eigenvalue weighted by Gasteiger charge is -2.35. The largest absolute Gasteiger partial charge is 0.399 e. The van der Waals surface area contributed by atoms with Gasteiger partial charge in [0.2, 0.25) is 11.8 Å². The van der Waals surface area contributed by atoms with Crippen molar-refractivity contribution in [3.05, 3.63) is 22.2 Å². The fourth-order valence-electron chi connectivity index (χ4n) is 2.93. The molecular formula is C14H10B4N4O3. The normalized spacial score (nSPS) is 19.8. The summed E-state index contributed by atoms with van der Waals surface area (Å²) in [6.45, 7) is 1.53. The van der Waals surface area contributed by atoms with E-state index in [9.17, 15) is 14.4 Å². The third kappa shape index (κ3) is 2.58. The molecule has 2 aromatic rings. The van der Waals surface area contributed by atoms with Crippen molar-refractivity contribution >= 4 is 70.7 Å². The van der Waals surface area contributed by atoms with Gasteiger partial charge in [0.05, 0.1) is 26.6 Å². The van der Waals surface area contributed by atoms with Crippen LogP contribution in [-0.2, 0) is 9.59 Å². The van der Waals surface area contributed by atoms with Crippen LogP contribution in [0, 0.1) is 6.92 Å². The molecule has 2 heterocycles. The van der Waals surface area contributed by atoms with Gasteiger partial charge in [-0.15, -0.1) is 0 Å². The van der Waals surface area contributed by atoms with Crippen molar-refractivity contribution in [3.63, 3.8) is 0 Å². The van der Waals surface area contributed by atoms with E-state index in [0.29, 0.717) is 0 Å². The molecule has 25 heavy (non-hydrogen) atoms. The Bertz CT molecular complexity index is 1000. The monoisotopic (exact) mass is 326 g/mol. The molecule has 0 aliphatic carbocycles. The molecule has 0 spiro atoms. The lowest BCUT2D eigenvalue weighted by Crippen LogP contribution is -2.52. The van der Waals surface area contributed by atoms with Crippen LogP contribution in [0.5, 0.6) is 0 Å². The zero-order valence-corrected chi connectivity index (χ0v) is 13.4. The van der Waals surface area contributed by atoms with Crippen molar-refractivity contribution in [1.29, 1.82) is 0 Å². The summed E-state index contributed by atoms with van der Waals surface area (Å²) in [5.74, 6) is -1.30. The van der Waals surface area contributed by atoms with Gasteiger partial charge in [0, 0.05) is 5.69 Å². The molecule has 3 N–H and O–H groups in total. The first-order chi connectivity index (χ1) is 11.5. The molecule has 1 atom stereocenters. The molecule has 11 heteroatoms. The minimum absolute atomic E-state index is 0.0275. The molecule has 0 bridgehead atoms. The molecule has 1 saturated heterocycles. The molecule has 1 unspecified atom stereocenters. The molecule has 0 saturated carbocycles. The zero-order chi connectivity index (χ0) is 18.7. The lowest BCUT2D eigenvalue weighted by atomic mass is 9.50. The fourth-order valence-corrected chi connectivity index (χ4v) is 2.93. The first kappa shape index (κ1) is 17.4. The Morgan fingerprint density at radius 1 is 1.32 bits per heavy atom. The van der Waals surface area contributed by atoms with E-state index in [1.807, 2.05) is 0 Å². The third-order valence-electron chi connectivity index (χ3n) is 4.29. The van der Waals surface area contributed by atoms with Crippen molar-refractivity contribution in [2.45, 2.75) is 24.6 Å². The number of nitrogen functional groups attached to an aromatic ring is 1. The van der Waals surface area contributed by atoms with Crippen molar-refractivity contribution in [2.75, 3.05) is 5.73 Å². The number of fused-ring (bicyclic) bond motifs is 1. The van der Waals surface area contributed by atoms with E-state index in [0.717, 1.165) is 4.57 Å². The van der Waals surface area contributed by atoms with Crippen LogP contribution >= 0.6 is 0 Å². The smallest absolute Gasteiger partial charge is 0.264 e. The van der Waals surface area contributed by atoms with Gasteiger partial charge in [-0.3, -0.25) is 24.3 Å². The van der Waals surface area contributed by atoms with Gasteiger partial charge in [0.1, 0.15) is 27.6 Å². The van der Waals surface area contributed by atoms with Gasteiger partial charge in [0.15, 0.2) is 0 Å². The summed E-state index contributed by atoms with van der Waals surface area (Å²) in [7, 11) is 23.0. The second kappa shape index (κ2) is 5.54. The maximum Gasteiger partial charge on any atom is 0.264 e. The fraction of sp³-hybridized carbons (Fsp3) is 0.286. The number of aromatic nitrogens is 2. The lowest BCUT2D eigenvalue weighted by molar-refractivity contribution is -0.136. The van der Waals surface area contributed by atoms with Gasteiger partial charge in [-0.2, -0.15) is 0 Å². The van der Waals surface area contributed by atoms with E-state index in [4.69, 9.17) is 37.1 Å². The highest BCUT2D eigenvalue weighted by Crippen LogP contribution is 2.33. The van der Waals surface area contributed by atoms with Crippen molar-refractivity contribution in [1.82, 2.24) is 14.9 Å². The molecular weight excluding hydrogens is 315 g/mol. The molecule has 1 fully saturated rings. The highest BCUT2D eigenvalue weighted by Gasteiger charge is 2.41. The van der Waals surface area contributed by atoms with Gasteiger partial charge >= 0.3 is 0 Å². The summed E-state index contributed by atoms with van der Waals surface area (Å²) >= 11 is 0.